The van der Waals surface area contributed by atoms with Crippen molar-refractivity contribution in [2.75, 3.05) is 26.3 Å². The molecule has 0 aromatic rings. The first-order chi connectivity index (χ1) is 7.35. The van der Waals surface area contributed by atoms with Gasteiger partial charge < -0.3 is 10.1 Å². The van der Waals surface area contributed by atoms with Crippen molar-refractivity contribution in [2.45, 2.75) is 32.1 Å². The Labute approximate surface area is 91.8 Å². The van der Waals surface area contributed by atoms with Crippen molar-refractivity contribution < 1.29 is 4.74 Å². The summed E-state index contributed by atoms with van der Waals surface area (Å²) in [5.41, 5.74) is 0.247. The number of nitriles is 1. The molecule has 1 aliphatic heterocycles. The average molecular weight is 208 g/mol. The molecule has 1 saturated heterocycles. The van der Waals surface area contributed by atoms with E-state index in [1.54, 1.807) is 0 Å². The zero-order valence-electron chi connectivity index (χ0n) is 9.30. The molecule has 2 aliphatic rings. The molecule has 0 aromatic carbocycles. The third-order valence-corrected chi connectivity index (χ3v) is 3.57. The van der Waals surface area contributed by atoms with Crippen molar-refractivity contribution in [3.8, 4) is 6.07 Å². The van der Waals surface area contributed by atoms with E-state index in [1.807, 2.05) is 0 Å². The van der Waals surface area contributed by atoms with E-state index in [-0.39, 0.29) is 5.41 Å². The van der Waals surface area contributed by atoms with Gasteiger partial charge >= 0.3 is 0 Å². The van der Waals surface area contributed by atoms with Gasteiger partial charge in [-0.15, -0.1) is 0 Å². The van der Waals surface area contributed by atoms with Crippen LogP contribution < -0.4 is 5.32 Å². The summed E-state index contributed by atoms with van der Waals surface area (Å²) in [4.78, 5) is 0. The first-order valence-electron chi connectivity index (χ1n) is 6.00. The minimum Gasteiger partial charge on any atom is -0.380 e. The van der Waals surface area contributed by atoms with Crippen LogP contribution in [-0.2, 0) is 4.74 Å². The Balaban J connectivity index is 1.60. The molecule has 3 heteroatoms. The van der Waals surface area contributed by atoms with Crippen LogP contribution in [0.5, 0.6) is 0 Å². The summed E-state index contributed by atoms with van der Waals surface area (Å²) in [6.45, 7) is 3.94. The molecule has 1 atom stereocenters. The Bertz CT molecular complexity index is 236. The van der Waals surface area contributed by atoms with Crippen LogP contribution in [0.4, 0.5) is 0 Å². The molecular formula is C12H20N2O. The lowest BCUT2D eigenvalue weighted by Crippen LogP contribution is -2.32. The van der Waals surface area contributed by atoms with Gasteiger partial charge in [0.2, 0.25) is 0 Å². The maximum absolute atomic E-state index is 8.67. The summed E-state index contributed by atoms with van der Waals surface area (Å²) < 4.78 is 5.76. The van der Waals surface area contributed by atoms with E-state index in [1.165, 1.54) is 25.7 Å². The highest BCUT2D eigenvalue weighted by Gasteiger charge is 2.42. The highest BCUT2D eigenvalue weighted by molar-refractivity contribution is 4.99. The van der Waals surface area contributed by atoms with Crippen LogP contribution >= 0.6 is 0 Å². The van der Waals surface area contributed by atoms with Gasteiger partial charge in [0.05, 0.1) is 19.3 Å². The second-order valence-corrected chi connectivity index (χ2v) is 5.06. The third-order valence-electron chi connectivity index (χ3n) is 3.57. The summed E-state index contributed by atoms with van der Waals surface area (Å²) in [5, 5.41) is 12.1. The molecule has 0 aromatic heterocycles. The topological polar surface area (TPSA) is 45.0 Å². The molecule has 3 nitrogen and oxygen atoms in total. The van der Waals surface area contributed by atoms with Crippen molar-refractivity contribution in [3.05, 3.63) is 0 Å². The molecule has 0 radical (unpaired) electrons. The summed E-state index contributed by atoms with van der Waals surface area (Å²) in [5.74, 6) is 0.691. The van der Waals surface area contributed by atoms with Crippen molar-refractivity contribution in [1.29, 1.82) is 5.26 Å². The van der Waals surface area contributed by atoms with Crippen LogP contribution in [0.2, 0.25) is 0 Å². The molecule has 84 valence electrons. The predicted octanol–water partition coefficient (Wildman–Crippen LogP) is 1.70. The van der Waals surface area contributed by atoms with Gasteiger partial charge in [0.25, 0.3) is 0 Å². The van der Waals surface area contributed by atoms with Gasteiger partial charge in [0.1, 0.15) is 0 Å². The molecule has 2 rings (SSSR count). The fourth-order valence-electron chi connectivity index (χ4n) is 2.22. The van der Waals surface area contributed by atoms with Crippen LogP contribution in [0.25, 0.3) is 0 Å². The lowest BCUT2D eigenvalue weighted by atomic mass is 10.0. The lowest BCUT2D eigenvalue weighted by molar-refractivity contribution is 0.0579. The molecule has 1 unspecified atom stereocenters. The number of ether oxygens (including phenoxy) is 1. The number of hydrogen-bond donors (Lipinski definition) is 1. The van der Waals surface area contributed by atoms with Gasteiger partial charge in [-0.3, -0.25) is 0 Å². The summed E-state index contributed by atoms with van der Waals surface area (Å²) >= 11 is 0. The molecule has 1 N–H and O–H groups in total. The third kappa shape index (κ3) is 3.19. The zero-order chi connectivity index (χ0) is 10.6. The highest BCUT2D eigenvalue weighted by atomic mass is 16.5. The minimum atomic E-state index is 0.247. The van der Waals surface area contributed by atoms with E-state index in [4.69, 9.17) is 10.00 Å². The molecule has 1 aliphatic carbocycles. The van der Waals surface area contributed by atoms with Crippen molar-refractivity contribution in [3.63, 3.8) is 0 Å². The van der Waals surface area contributed by atoms with Crippen LogP contribution in [-0.4, -0.2) is 26.3 Å². The molecule has 2 fully saturated rings. The number of hydrogen-bond acceptors (Lipinski definition) is 3. The molecule has 1 heterocycles. The van der Waals surface area contributed by atoms with Gasteiger partial charge in [-0.05, 0) is 38.1 Å². The molecular weight excluding hydrogens is 188 g/mol. The van der Waals surface area contributed by atoms with Crippen molar-refractivity contribution in [2.24, 2.45) is 11.3 Å². The molecule has 1 saturated carbocycles. The summed E-state index contributed by atoms with van der Waals surface area (Å²) in [6, 6.07) is 2.27. The molecule has 0 spiro atoms. The maximum Gasteiger partial charge on any atom is 0.0628 e. The smallest absolute Gasteiger partial charge is 0.0628 e. The number of nitrogens with zero attached hydrogens (tertiary/aromatic N) is 1. The first kappa shape index (κ1) is 10.9. The minimum absolute atomic E-state index is 0.247. The number of nitrogens with one attached hydrogen (secondary N) is 1. The standard InChI is InChI=1S/C12H20N2O/c13-6-5-12(3-4-12)10-15-9-11-2-1-7-14-8-11/h11,14H,1-5,7-10H2. The van der Waals surface area contributed by atoms with E-state index in [0.29, 0.717) is 12.3 Å². The van der Waals surface area contributed by atoms with Gasteiger partial charge in [0.15, 0.2) is 0 Å². The van der Waals surface area contributed by atoms with E-state index >= 15 is 0 Å². The second-order valence-electron chi connectivity index (χ2n) is 5.06. The van der Waals surface area contributed by atoms with Gasteiger partial charge in [-0.2, -0.15) is 5.26 Å². The molecule has 0 amide bonds. The summed E-state index contributed by atoms with van der Waals surface area (Å²) in [7, 11) is 0. The fraction of sp³-hybridized carbons (Fsp3) is 0.917. The summed E-state index contributed by atoms with van der Waals surface area (Å²) in [6.07, 6.45) is 5.61. The Kier molecular flexibility index (Phi) is 3.61. The lowest BCUT2D eigenvalue weighted by Gasteiger charge is -2.23. The largest absolute Gasteiger partial charge is 0.380 e. The van der Waals surface area contributed by atoms with Gasteiger partial charge in [-0.1, -0.05) is 0 Å². The van der Waals surface area contributed by atoms with E-state index in [9.17, 15) is 0 Å². The molecule has 15 heavy (non-hydrogen) atoms. The fourth-order valence-corrected chi connectivity index (χ4v) is 2.22. The predicted molar refractivity (Wildman–Crippen MR) is 58.3 cm³/mol. The Morgan fingerprint density at radius 2 is 2.33 bits per heavy atom. The van der Waals surface area contributed by atoms with Crippen LogP contribution in [0.3, 0.4) is 0 Å². The van der Waals surface area contributed by atoms with E-state index in [2.05, 4.69) is 11.4 Å². The van der Waals surface area contributed by atoms with E-state index < -0.39 is 0 Å². The average Bonchev–Trinajstić information content (AvgIpc) is 3.00. The quantitative estimate of drug-likeness (QED) is 0.748. The first-order valence-corrected chi connectivity index (χ1v) is 6.00. The Morgan fingerprint density at radius 1 is 1.47 bits per heavy atom. The highest BCUT2D eigenvalue weighted by Crippen LogP contribution is 2.48. The Hall–Kier alpha value is -0.590. The number of piperidine rings is 1. The van der Waals surface area contributed by atoms with Crippen LogP contribution in [0, 0.1) is 22.7 Å². The monoisotopic (exact) mass is 208 g/mol. The van der Waals surface area contributed by atoms with Crippen molar-refractivity contribution >= 4 is 0 Å². The van der Waals surface area contributed by atoms with Crippen LogP contribution in [0.15, 0.2) is 0 Å². The normalized spacial score (nSPS) is 28.3. The maximum atomic E-state index is 8.67. The van der Waals surface area contributed by atoms with Gasteiger partial charge in [0, 0.05) is 18.4 Å². The second kappa shape index (κ2) is 4.96. The molecule has 0 bridgehead atoms. The zero-order valence-corrected chi connectivity index (χ0v) is 9.30. The van der Waals surface area contributed by atoms with Gasteiger partial charge in [-0.25, -0.2) is 0 Å². The number of rotatable bonds is 5. The SMILES string of the molecule is N#CCC1(COCC2CCCNC2)CC1. The van der Waals surface area contributed by atoms with E-state index in [0.717, 1.165) is 26.3 Å². The van der Waals surface area contributed by atoms with Crippen molar-refractivity contribution in [1.82, 2.24) is 5.32 Å². The van der Waals surface area contributed by atoms with Crippen LogP contribution in [0.1, 0.15) is 32.1 Å². The Morgan fingerprint density at radius 3 is 2.93 bits per heavy atom.